The number of alkyl halides is 4. The Morgan fingerprint density at radius 3 is 2.59 bits per heavy atom. The summed E-state index contributed by atoms with van der Waals surface area (Å²) in [5.41, 5.74) is -5.62. The van der Waals surface area contributed by atoms with Crippen molar-refractivity contribution in [2.45, 2.75) is 68.7 Å². The number of ketones is 1. The summed E-state index contributed by atoms with van der Waals surface area (Å²) >= 11 is 17.1. The van der Waals surface area contributed by atoms with E-state index in [4.69, 9.17) is 44.3 Å². The third-order valence-electron chi connectivity index (χ3n) is 9.06. The first-order valence-corrected chi connectivity index (χ1v) is 12.8. The minimum Gasteiger partial charge on any atom is -0.446 e. The molecule has 0 bridgehead atoms. The van der Waals surface area contributed by atoms with Crippen LogP contribution in [0.2, 0.25) is 0 Å². The first kappa shape index (κ1) is 25.9. The van der Waals surface area contributed by atoms with Gasteiger partial charge in [-0.25, -0.2) is 14.0 Å². The van der Waals surface area contributed by atoms with Crippen LogP contribution in [0.4, 0.5) is 4.39 Å². The molecule has 0 spiro atoms. The van der Waals surface area contributed by atoms with E-state index in [9.17, 15) is 19.5 Å². The summed E-state index contributed by atoms with van der Waals surface area (Å²) < 4.78 is 28.0. The molecule has 0 aromatic rings. The Morgan fingerprint density at radius 1 is 1.29 bits per heavy atom. The van der Waals surface area contributed by atoms with Crippen molar-refractivity contribution in [2.75, 3.05) is 6.07 Å². The number of allylic oxidation sites excluding steroid dienone is 4. The maximum atomic E-state index is 17.3. The molecule has 0 unspecified atom stereocenters. The molecule has 0 radical (unpaired) electrons. The number of hydrogen-bond donors (Lipinski definition) is 1. The molecule has 4 aliphatic carbocycles. The van der Waals surface area contributed by atoms with Gasteiger partial charge in [-0.3, -0.25) is 4.79 Å². The third kappa shape index (κ3) is 3.26. The quantitative estimate of drug-likeness (QED) is 0.422. The molecule has 4 aliphatic rings. The Balaban J connectivity index is 1.83. The van der Waals surface area contributed by atoms with Crippen LogP contribution in [0.3, 0.4) is 0 Å². The molecule has 4 rings (SSSR count). The van der Waals surface area contributed by atoms with Crippen LogP contribution >= 0.6 is 34.8 Å². The van der Waals surface area contributed by atoms with Gasteiger partial charge in [-0.2, -0.15) is 0 Å². The molecule has 34 heavy (non-hydrogen) atoms. The molecule has 0 aromatic carbocycles. The van der Waals surface area contributed by atoms with E-state index in [-0.39, 0.29) is 24.5 Å². The van der Waals surface area contributed by atoms with Crippen LogP contribution in [-0.2, 0) is 23.9 Å². The van der Waals surface area contributed by atoms with Gasteiger partial charge in [0, 0.05) is 16.7 Å². The van der Waals surface area contributed by atoms with E-state index in [1.54, 1.807) is 19.9 Å². The predicted octanol–water partition coefficient (Wildman–Crippen LogP) is 4.43. The Morgan fingerprint density at radius 2 is 1.97 bits per heavy atom. The monoisotopic (exact) mass is 536 g/mol. The number of fused-ring (bicyclic) bond motifs is 5. The van der Waals surface area contributed by atoms with Crippen molar-refractivity contribution in [3.05, 3.63) is 23.8 Å². The van der Waals surface area contributed by atoms with Crippen LogP contribution in [0.1, 0.15) is 46.5 Å². The number of carbonyl (C=O) groups excluding carboxylic acids is 3. The fraction of sp³-hybridized carbons (Fsp3) is 0.708. The first-order chi connectivity index (χ1) is 15.8. The van der Waals surface area contributed by atoms with E-state index >= 15 is 4.39 Å². The van der Waals surface area contributed by atoms with Gasteiger partial charge >= 0.3 is 11.9 Å². The van der Waals surface area contributed by atoms with Crippen LogP contribution in [-0.4, -0.2) is 51.1 Å². The maximum Gasteiger partial charge on any atom is 0.352 e. The molecule has 3 fully saturated rings. The Bertz CT molecular complexity index is 984. The van der Waals surface area contributed by atoms with Gasteiger partial charge in [-0.15, -0.1) is 0 Å². The largest absolute Gasteiger partial charge is 0.446 e. The number of halogens is 4. The minimum atomic E-state index is -2.09. The normalized spacial score (nSPS) is 45.2. The zero-order valence-electron chi connectivity index (χ0n) is 19.2. The Hall–Kier alpha value is -1.15. The highest BCUT2D eigenvalue weighted by Gasteiger charge is 2.76. The smallest absolute Gasteiger partial charge is 0.352 e. The van der Waals surface area contributed by atoms with Gasteiger partial charge in [-0.05, 0) is 56.6 Å². The molecule has 6 nitrogen and oxygen atoms in total. The lowest BCUT2D eigenvalue weighted by Crippen LogP contribution is -2.70. The van der Waals surface area contributed by atoms with Gasteiger partial charge in [0.1, 0.15) is 0 Å². The van der Waals surface area contributed by atoms with Crippen LogP contribution in [0.5, 0.6) is 0 Å². The standard InChI is InChI=1S/C24H28Cl3FO6/c1-12-8-16-14-5-7-23(20(32)33-11-25,34-19(31)18(26)27)22(14,3)10-17(30)24(16,28)21(2)6-4-13(29)9-15(12)21/h4,6,9,12,14,16-18,30H,5,7-8,10-11H2,1-3H3/t12-,14-,16-,17-,21-,22-,23-,24-/m0/s1. The van der Waals surface area contributed by atoms with E-state index in [2.05, 4.69) is 0 Å². The highest BCUT2D eigenvalue weighted by atomic mass is 35.5. The number of aliphatic hydroxyl groups excluding tert-OH is 1. The van der Waals surface area contributed by atoms with Crippen molar-refractivity contribution in [2.24, 2.45) is 28.6 Å². The second kappa shape index (κ2) is 8.46. The van der Waals surface area contributed by atoms with Crippen molar-refractivity contribution in [1.82, 2.24) is 0 Å². The van der Waals surface area contributed by atoms with Gasteiger partial charge < -0.3 is 14.6 Å². The molecule has 0 saturated heterocycles. The molecule has 0 aliphatic heterocycles. The number of aliphatic hydroxyl groups is 1. The van der Waals surface area contributed by atoms with Crippen LogP contribution in [0.15, 0.2) is 23.8 Å². The number of rotatable bonds is 4. The van der Waals surface area contributed by atoms with Crippen LogP contribution in [0.25, 0.3) is 0 Å². The van der Waals surface area contributed by atoms with Crippen molar-refractivity contribution < 1.29 is 33.4 Å². The molecule has 10 heteroatoms. The lowest BCUT2D eigenvalue weighted by molar-refractivity contribution is -0.234. The highest BCUT2D eigenvalue weighted by Crippen LogP contribution is 2.71. The van der Waals surface area contributed by atoms with Crippen molar-refractivity contribution in [3.8, 4) is 0 Å². The molecule has 8 atom stereocenters. The van der Waals surface area contributed by atoms with Gasteiger partial charge in [-0.1, -0.05) is 60.3 Å². The third-order valence-corrected chi connectivity index (χ3v) is 9.52. The molecule has 188 valence electrons. The average molecular weight is 538 g/mol. The van der Waals surface area contributed by atoms with Crippen molar-refractivity contribution in [1.29, 1.82) is 0 Å². The lowest BCUT2D eigenvalue weighted by atomic mass is 9.43. The van der Waals surface area contributed by atoms with E-state index in [0.29, 0.717) is 18.4 Å². The minimum absolute atomic E-state index is 0.0531. The number of esters is 2. The van der Waals surface area contributed by atoms with Crippen LogP contribution < -0.4 is 0 Å². The Labute approximate surface area is 212 Å². The molecule has 1 N–H and O–H groups in total. The summed E-state index contributed by atoms with van der Waals surface area (Å²) in [5, 5.41) is 11.4. The zero-order chi connectivity index (χ0) is 25.3. The van der Waals surface area contributed by atoms with Crippen LogP contribution in [0, 0.1) is 28.6 Å². The van der Waals surface area contributed by atoms with E-state index in [0.717, 1.165) is 0 Å². The summed E-state index contributed by atoms with van der Waals surface area (Å²) in [4.78, 5) is 36.2. The molecular weight excluding hydrogens is 510 g/mol. The van der Waals surface area contributed by atoms with Crippen molar-refractivity contribution in [3.63, 3.8) is 0 Å². The van der Waals surface area contributed by atoms with Crippen molar-refractivity contribution >= 4 is 52.5 Å². The fourth-order valence-electron chi connectivity index (χ4n) is 7.52. The van der Waals surface area contributed by atoms with Gasteiger partial charge in [0.25, 0.3) is 0 Å². The average Bonchev–Trinajstić information content (AvgIpc) is 3.04. The zero-order valence-corrected chi connectivity index (χ0v) is 21.4. The predicted molar refractivity (Wildman–Crippen MR) is 124 cm³/mol. The number of carbonyl (C=O) groups is 3. The van der Waals surface area contributed by atoms with Gasteiger partial charge in [0.05, 0.1) is 6.10 Å². The lowest BCUT2D eigenvalue weighted by Gasteiger charge is -2.63. The van der Waals surface area contributed by atoms with Gasteiger partial charge in [0.2, 0.25) is 10.4 Å². The topological polar surface area (TPSA) is 89.9 Å². The molecule has 0 aromatic heterocycles. The molecular formula is C24H28Cl3FO6. The molecule has 0 amide bonds. The summed E-state index contributed by atoms with van der Waals surface area (Å²) in [7, 11) is 0. The SMILES string of the molecule is C[C@H]1C[C@H]2[C@@H]3CC[C@](OC(=O)C(Cl)Cl)(C(=O)OCCl)[C@@]3(C)C[C@H](O)[C@]2(F)[C@@]2(C)C=CC(=O)C=C12. The summed E-state index contributed by atoms with van der Waals surface area (Å²) in [6.45, 7) is 5.36. The summed E-state index contributed by atoms with van der Waals surface area (Å²) in [6, 6.07) is -0.467. The maximum absolute atomic E-state index is 17.3. The fourth-order valence-corrected chi connectivity index (χ4v) is 7.70. The van der Waals surface area contributed by atoms with E-state index < -0.39 is 62.9 Å². The Kier molecular flexibility index (Phi) is 6.45. The second-order valence-electron chi connectivity index (χ2n) is 10.4. The van der Waals surface area contributed by atoms with E-state index in [1.165, 1.54) is 12.2 Å². The molecule has 3 saturated carbocycles. The summed E-state index contributed by atoms with van der Waals surface area (Å²) in [5.74, 6) is -3.34. The summed E-state index contributed by atoms with van der Waals surface area (Å²) in [6.07, 6.45) is 3.46. The first-order valence-electron chi connectivity index (χ1n) is 11.3. The number of hydrogen-bond acceptors (Lipinski definition) is 6. The highest BCUT2D eigenvalue weighted by molar-refractivity contribution is 6.53. The molecule has 0 heterocycles. The van der Waals surface area contributed by atoms with Gasteiger partial charge in [0.15, 0.2) is 17.5 Å². The van der Waals surface area contributed by atoms with E-state index in [1.807, 2.05) is 6.92 Å². The number of ether oxygens (including phenoxy) is 2. The second-order valence-corrected chi connectivity index (χ2v) is 11.7.